The van der Waals surface area contributed by atoms with Gasteiger partial charge in [0, 0.05) is 23.3 Å². The molecule has 1 aromatic carbocycles. The van der Waals surface area contributed by atoms with Crippen LogP contribution in [0.15, 0.2) is 51.7 Å². The van der Waals surface area contributed by atoms with E-state index in [1.54, 1.807) is 6.92 Å². The SMILES string of the molecule is CC1=C(Cl)C(=O)C(C(C)C)=C/C1=N/OC(=O)c1ccc([N+](=O)[O-])cc1. The van der Waals surface area contributed by atoms with Gasteiger partial charge in [0.2, 0.25) is 5.78 Å². The summed E-state index contributed by atoms with van der Waals surface area (Å²) in [4.78, 5) is 39.0. The van der Waals surface area contributed by atoms with Gasteiger partial charge in [-0.15, -0.1) is 0 Å². The number of ketones is 1. The molecule has 2 rings (SSSR count). The summed E-state index contributed by atoms with van der Waals surface area (Å²) in [7, 11) is 0. The van der Waals surface area contributed by atoms with Gasteiger partial charge in [-0.3, -0.25) is 14.9 Å². The minimum absolute atomic E-state index is 0.0383. The number of halogens is 1. The molecule has 8 heteroatoms. The smallest absolute Gasteiger partial charge is 0.312 e. The topological polar surface area (TPSA) is 98.9 Å². The molecule has 0 atom stereocenters. The number of hydrogen-bond donors (Lipinski definition) is 0. The van der Waals surface area contributed by atoms with Crippen molar-refractivity contribution in [2.24, 2.45) is 11.1 Å². The Labute approximate surface area is 148 Å². The lowest BCUT2D eigenvalue weighted by Crippen LogP contribution is -2.19. The van der Waals surface area contributed by atoms with Crippen LogP contribution in [0.5, 0.6) is 0 Å². The molecule has 0 saturated carbocycles. The molecule has 1 aromatic rings. The lowest BCUT2D eigenvalue weighted by Gasteiger charge is -2.17. The first-order valence-electron chi connectivity index (χ1n) is 7.39. The maximum atomic E-state index is 12.1. The number of carbonyl (C=O) groups is 2. The van der Waals surface area contributed by atoms with Crippen LogP contribution >= 0.6 is 11.6 Å². The fraction of sp³-hybridized carbons (Fsp3) is 0.235. The monoisotopic (exact) mass is 362 g/mol. The van der Waals surface area contributed by atoms with Gasteiger partial charge in [-0.05, 0) is 31.1 Å². The minimum Gasteiger partial charge on any atom is -0.312 e. The third kappa shape index (κ3) is 4.00. The highest BCUT2D eigenvalue weighted by atomic mass is 35.5. The Bertz CT molecular complexity index is 835. The summed E-state index contributed by atoms with van der Waals surface area (Å²) in [6, 6.07) is 4.94. The second kappa shape index (κ2) is 7.40. The molecule has 0 amide bonds. The van der Waals surface area contributed by atoms with E-state index in [4.69, 9.17) is 16.4 Å². The van der Waals surface area contributed by atoms with Crippen LogP contribution in [0.2, 0.25) is 0 Å². The van der Waals surface area contributed by atoms with Crippen molar-refractivity contribution in [1.82, 2.24) is 0 Å². The molecular formula is C17H15ClN2O5. The fourth-order valence-corrected chi connectivity index (χ4v) is 2.32. The van der Waals surface area contributed by atoms with Crippen LogP contribution in [0.1, 0.15) is 31.1 Å². The molecule has 0 spiro atoms. The Morgan fingerprint density at radius 1 is 1.28 bits per heavy atom. The van der Waals surface area contributed by atoms with Crippen LogP contribution in [-0.4, -0.2) is 22.4 Å². The van der Waals surface area contributed by atoms with E-state index in [1.165, 1.54) is 30.3 Å². The van der Waals surface area contributed by atoms with Crippen LogP contribution in [0.25, 0.3) is 0 Å². The van der Waals surface area contributed by atoms with Gasteiger partial charge in [0.25, 0.3) is 5.69 Å². The number of benzene rings is 1. The predicted molar refractivity (Wildman–Crippen MR) is 92.4 cm³/mol. The van der Waals surface area contributed by atoms with E-state index in [2.05, 4.69) is 5.16 Å². The van der Waals surface area contributed by atoms with Crippen LogP contribution in [0.3, 0.4) is 0 Å². The molecule has 130 valence electrons. The molecule has 0 heterocycles. The number of nitrogens with zero attached hydrogens (tertiary/aromatic N) is 2. The summed E-state index contributed by atoms with van der Waals surface area (Å²) in [6.07, 6.45) is 1.54. The maximum absolute atomic E-state index is 12.1. The van der Waals surface area contributed by atoms with Gasteiger partial charge in [0.15, 0.2) is 0 Å². The highest BCUT2D eigenvalue weighted by molar-refractivity contribution is 6.49. The quantitative estimate of drug-likeness (QED) is 0.351. The van der Waals surface area contributed by atoms with E-state index in [0.29, 0.717) is 11.1 Å². The fourth-order valence-electron chi connectivity index (χ4n) is 2.12. The average molecular weight is 363 g/mol. The summed E-state index contributed by atoms with van der Waals surface area (Å²) < 4.78 is 0. The zero-order chi connectivity index (χ0) is 18.7. The standard InChI is InChI=1S/C17H15ClN2O5/c1-9(2)13-8-14(10(3)15(18)16(13)21)19-25-17(22)11-4-6-12(7-5-11)20(23)24/h4-9H,1-3H3/b19-14-. The third-order valence-corrected chi connectivity index (χ3v) is 4.09. The molecule has 0 N–H and O–H groups in total. The number of nitro benzene ring substituents is 1. The van der Waals surface area contributed by atoms with E-state index in [1.807, 2.05) is 13.8 Å². The van der Waals surface area contributed by atoms with Gasteiger partial charge in [0.1, 0.15) is 5.71 Å². The summed E-state index contributed by atoms with van der Waals surface area (Å²) >= 11 is 6.03. The average Bonchev–Trinajstić information content (AvgIpc) is 2.58. The summed E-state index contributed by atoms with van der Waals surface area (Å²) in [5.74, 6) is -1.11. The van der Waals surface area contributed by atoms with E-state index < -0.39 is 10.9 Å². The van der Waals surface area contributed by atoms with Gasteiger partial charge in [0.05, 0.1) is 15.5 Å². The van der Waals surface area contributed by atoms with Crippen molar-refractivity contribution in [3.8, 4) is 0 Å². The predicted octanol–water partition coefficient (Wildman–Crippen LogP) is 3.79. The second-order valence-corrected chi connectivity index (χ2v) is 6.06. The molecule has 0 fully saturated rings. The molecule has 25 heavy (non-hydrogen) atoms. The Morgan fingerprint density at radius 3 is 2.40 bits per heavy atom. The van der Waals surface area contributed by atoms with Crippen LogP contribution in [-0.2, 0) is 9.63 Å². The molecule has 0 aromatic heterocycles. The van der Waals surface area contributed by atoms with E-state index in [9.17, 15) is 19.7 Å². The molecular weight excluding hydrogens is 348 g/mol. The van der Waals surface area contributed by atoms with Gasteiger partial charge in [-0.25, -0.2) is 4.79 Å². The number of allylic oxidation sites excluding steroid dienone is 4. The normalized spacial score (nSPS) is 16.3. The Hall–Kier alpha value is -2.80. The van der Waals surface area contributed by atoms with E-state index in [0.717, 1.165) is 0 Å². The van der Waals surface area contributed by atoms with E-state index in [-0.39, 0.29) is 33.7 Å². The molecule has 0 radical (unpaired) electrons. The van der Waals surface area contributed by atoms with E-state index >= 15 is 0 Å². The molecule has 0 saturated heterocycles. The number of carbonyl (C=O) groups excluding carboxylic acids is 2. The first kappa shape index (κ1) is 18.5. The summed E-state index contributed by atoms with van der Waals surface area (Å²) in [5.41, 5.74) is 1.14. The molecule has 0 aliphatic heterocycles. The second-order valence-electron chi connectivity index (χ2n) is 5.68. The van der Waals surface area contributed by atoms with Crippen LogP contribution in [0.4, 0.5) is 5.69 Å². The molecule has 1 aliphatic carbocycles. The number of nitro groups is 1. The lowest BCUT2D eigenvalue weighted by molar-refractivity contribution is -0.384. The van der Waals surface area contributed by atoms with Crippen molar-refractivity contribution in [3.05, 3.63) is 62.2 Å². The number of non-ortho nitro benzene ring substituents is 1. The molecule has 0 bridgehead atoms. The Morgan fingerprint density at radius 2 is 1.88 bits per heavy atom. The Kier molecular flexibility index (Phi) is 5.48. The minimum atomic E-state index is -0.775. The summed E-state index contributed by atoms with van der Waals surface area (Å²) in [5, 5.41) is 14.4. The van der Waals surface area contributed by atoms with Crippen molar-refractivity contribution >= 4 is 34.8 Å². The van der Waals surface area contributed by atoms with Crippen molar-refractivity contribution in [2.75, 3.05) is 0 Å². The maximum Gasteiger partial charge on any atom is 0.365 e. The highest BCUT2D eigenvalue weighted by Gasteiger charge is 2.26. The van der Waals surface area contributed by atoms with Gasteiger partial charge in [-0.1, -0.05) is 30.6 Å². The zero-order valence-corrected chi connectivity index (χ0v) is 14.5. The molecule has 7 nitrogen and oxygen atoms in total. The van der Waals surface area contributed by atoms with Crippen molar-refractivity contribution in [1.29, 1.82) is 0 Å². The Balaban J connectivity index is 2.23. The van der Waals surface area contributed by atoms with Gasteiger partial charge in [-0.2, -0.15) is 0 Å². The number of rotatable bonds is 4. The van der Waals surface area contributed by atoms with Gasteiger partial charge >= 0.3 is 5.97 Å². The summed E-state index contributed by atoms with van der Waals surface area (Å²) in [6.45, 7) is 5.29. The number of Topliss-reactive ketones (excluding diaryl/α,β-unsaturated/α-hetero) is 1. The largest absolute Gasteiger partial charge is 0.365 e. The van der Waals surface area contributed by atoms with Crippen LogP contribution in [0, 0.1) is 16.0 Å². The highest BCUT2D eigenvalue weighted by Crippen LogP contribution is 2.27. The first-order valence-corrected chi connectivity index (χ1v) is 7.77. The number of hydrogen-bond acceptors (Lipinski definition) is 6. The molecule has 1 aliphatic rings. The molecule has 0 unspecified atom stereocenters. The van der Waals surface area contributed by atoms with Crippen molar-refractivity contribution in [2.45, 2.75) is 20.8 Å². The van der Waals surface area contributed by atoms with Crippen LogP contribution < -0.4 is 0 Å². The van der Waals surface area contributed by atoms with Gasteiger partial charge < -0.3 is 4.84 Å². The number of oxime groups is 1. The van der Waals surface area contributed by atoms with Crippen molar-refractivity contribution in [3.63, 3.8) is 0 Å². The third-order valence-electron chi connectivity index (χ3n) is 3.63. The van der Waals surface area contributed by atoms with Crippen molar-refractivity contribution < 1.29 is 19.3 Å². The zero-order valence-electron chi connectivity index (χ0n) is 13.8. The lowest BCUT2D eigenvalue weighted by atomic mass is 9.90. The first-order chi connectivity index (χ1) is 11.7.